The van der Waals surface area contributed by atoms with Crippen molar-refractivity contribution in [2.24, 2.45) is 0 Å². The van der Waals surface area contributed by atoms with Gasteiger partial charge in [0, 0.05) is 6.61 Å². The van der Waals surface area contributed by atoms with Crippen molar-refractivity contribution in [3.63, 3.8) is 0 Å². The van der Waals surface area contributed by atoms with Crippen molar-refractivity contribution in [3.8, 4) is 0 Å². The maximum absolute atomic E-state index is 5.24. The molecule has 1 heterocycles. The Kier molecular flexibility index (Phi) is 2.08. The van der Waals surface area contributed by atoms with E-state index in [1.807, 2.05) is 0 Å². The second kappa shape index (κ2) is 2.64. The Hall–Kier alpha value is 0.390. The molecule has 2 atom stereocenters. The van der Waals surface area contributed by atoms with Crippen LogP contribution < -0.4 is 0 Å². The van der Waals surface area contributed by atoms with Crippen LogP contribution in [0.25, 0.3) is 0 Å². The zero-order chi connectivity index (χ0) is 5.11. The first kappa shape index (κ1) is 5.53. The van der Waals surface area contributed by atoms with Crippen molar-refractivity contribution in [2.45, 2.75) is 25.1 Å². The lowest BCUT2D eigenvalue weighted by molar-refractivity contribution is 0.0721. The highest BCUT2D eigenvalue weighted by atomic mass is 31.0. The molecule has 0 saturated carbocycles. The highest BCUT2D eigenvalue weighted by Gasteiger charge is 2.05. The maximum atomic E-state index is 5.24. The predicted octanol–water partition coefficient (Wildman–Crippen LogP) is 1.39. The average Bonchev–Trinajstić information content (AvgIpc) is 1.69. The summed E-state index contributed by atoms with van der Waals surface area (Å²) >= 11 is 0. The van der Waals surface area contributed by atoms with E-state index in [-0.39, 0.29) is 0 Å². The van der Waals surface area contributed by atoms with Crippen molar-refractivity contribution < 1.29 is 4.74 Å². The lowest BCUT2D eigenvalue weighted by Gasteiger charge is -2.17. The summed E-state index contributed by atoms with van der Waals surface area (Å²) in [6, 6.07) is 0. The smallest absolute Gasteiger partial charge is 0.0708 e. The van der Waals surface area contributed by atoms with Crippen LogP contribution in [-0.2, 0) is 4.74 Å². The molecule has 0 bridgehead atoms. The summed E-state index contributed by atoms with van der Waals surface area (Å²) in [6.07, 6.45) is 3.82. The molecule has 0 amide bonds. The molecule has 0 aliphatic carbocycles. The Morgan fingerprint density at radius 2 is 2.29 bits per heavy atom. The van der Waals surface area contributed by atoms with E-state index in [4.69, 9.17) is 4.74 Å². The highest BCUT2D eigenvalue weighted by Crippen LogP contribution is 2.16. The lowest BCUT2D eigenvalue weighted by atomic mass is 10.2. The summed E-state index contributed by atoms with van der Waals surface area (Å²) in [4.78, 5) is 0. The van der Waals surface area contributed by atoms with Gasteiger partial charge in [-0.05, 0) is 19.3 Å². The summed E-state index contributed by atoms with van der Waals surface area (Å²) in [7, 11) is 2.68. The molecule has 1 fully saturated rings. The number of ether oxygens (including phenoxy) is 1. The highest BCUT2D eigenvalue weighted by molar-refractivity contribution is 7.17. The summed E-state index contributed by atoms with van der Waals surface area (Å²) < 4.78 is 5.24. The topological polar surface area (TPSA) is 9.23 Å². The largest absolute Gasteiger partial charge is 0.374 e. The van der Waals surface area contributed by atoms with Crippen LogP contribution in [0.15, 0.2) is 0 Å². The van der Waals surface area contributed by atoms with Crippen LogP contribution in [0.5, 0.6) is 0 Å². The fraction of sp³-hybridized carbons (Fsp3) is 1.00. The summed E-state index contributed by atoms with van der Waals surface area (Å²) in [5.74, 6) is 0.453. The molecular formula is C5H11OP. The molecule has 0 N–H and O–H groups in total. The van der Waals surface area contributed by atoms with E-state index < -0.39 is 0 Å². The quantitative estimate of drug-likeness (QED) is 0.437. The molecule has 0 radical (unpaired) electrons. The lowest BCUT2D eigenvalue weighted by Crippen LogP contribution is -2.11. The van der Waals surface area contributed by atoms with Gasteiger partial charge in [-0.15, -0.1) is 9.24 Å². The molecule has 2 unspecified atom stereocenters. The fourth-order valence-electron chi connectivity index (χ4n) is 0.766. The van der Waals surface area contributed by atoms with Crippen LogP contribution in [0.1, 0.15) is 19.3 Å². The first-order chi connectivity index (χ1) is 3.39. The van der Waals surface area contributed by atoms with E-state index in [0.717, 1.165) is 6.61 Å². The minimum atomic E-state index is 0.453. The van der Waals surface area contributed by atoms with Gasteiger partial charge in [-0.2, -0.15) is 0 Å². The van der Waals surface area contributed by atoms with Gasteiger partial charge in [0.1, 0.15) is 0 Å². The van der Waals surface area contributed by atoms with Crippen LogP contribution in [0.2, 0.25) is 0 Å². The third-order valence-corrected chi connectivity index (χ3v) is 1.74. The standard InChI is InChI=1S/C5H11OP/c7-5-3-1-2-4-6-5/h5H,1-4,7H2. The van der Waals surface area contributed by atoms with Gasteiger partial charge in [-0.25, -0.2) is 0 Å². The molecule has 0 aromatic heterocycles. The molecule has 0 aromatic carbocycles. The number of hydrogen-bond acceptors (Lipinski definition) is 1. The van der Waals surface area contributed by atoms with Crippen molar-refractivity contribution in [1.82, 2.24) is 0 Å². The fourth-order valence-corrected chi connectivity index (χ4v) is 1.14. The molecule has 0 aromatic rings. The van der Waals surface area contributed by atoms with Gasteiger partial charge in [0.2, 0.25) is 0 Å². The van der Waals surface area contributed by atoms with E-state index in [0.29, 0.717) is 5.85 Å². The van der Waals surface area contributed by atoms with Gasteiger partial charge >= 0.3 is 0 Å². The van der Waals surface area contributed by atoms with Gasteiger partial charge in [0.25, 0.3) is 0 Å². The molecule has 1 saturated heterocycles. The van der Waals surface area contributed by atoms with Gasteiger partial charge in [0.15, 0.2) is 0 Å². The van der Waals surface area contributed by atoms with Crippen LogP contribution in [0, 0.1) is 0 Å². The monoisotopic (exact) mass is 118 g/mol. The Morgan fingerprint density at radius 1 is 1.43 bits per heavy atom. The summed E-state index contributed by atoms with van der Waals surface area (Å²) in [5, 5.41) is 0. The van der Waals surface area contributed by atoms with E-state index in [9.17, 15) is 0 Å². The van der Waals surface area contributed by atoms with Gasteiger partial charge in [-0.1, -0.05) is 0 Å². The summed E-state index contributed by atoms with van der Waals surface area (Å²) in [5.41, 5.74) is 0. The molecule has 1 nitrogen and oxygen atoms in total. The van der Waals surface area contributed by atoms with Crippen molar-refractivity contribution in [1.29, 1.82) is 0 Å². The van der Waals surface area contributed by atoms with E-state index in [2.05, 4.69) is 9.24 Å². The molecule has 42 valence electrons. The first-order valence-corrected chi connectivity index (χ1v) is 3.43. The predicted molar refractivity (Wildman–Crippen MR) is 33.3 cm³/mol. The Bertz CT molecular complexity index is 50.0. The van der Waals surface area contributed by atoms with Gasteiger partial charge in [-0.3, -0.25) is 0 Å². The van der Waals surface area contributed by atoms with Crippen LogP contribution in [0.4, 0.5) is 0 Å². The molecule has 1 aliphatic heterocycles. The second-order valence-electron chi connectivity index (χ2n) is 1.91. The molecule has 7 heavy (non-hydrogen) atoms. The van der Waals surface area contributed by atoms with Crippen LogP contribution in [0.3, 0.4) is 0 Å². The molecule has 2 heteroatoms. The van der Waals surface area contributed by atoms with Gasteiger partial charge < -0.3 is 4.74 Å². The third-order valence-electron chi connectivity index (χ3n) is 1.21. The van der Waals surface area contributed by atoms with E-state index in [1.165, 1.54) is 19.3 Å². The van der Waals surface area contributed by atoms with Crippen molar-refractivity contribution in [3.05, 3.63) is 0 Å². The van der Waals surface area contributed by atoms with Crippen LogP contribution >= 0.6 is 9.24 Å². The normalized spacial score (nSPS) is 33.0. The number of hydrogen-bond donors (Lipinski definition) is 0. The third kappa shape index (κ3) is 1.75. The second-order valence-corrected chi connectivity index (χ2v) is 2.65. The van der Waals surface area contributed by atoms with Crippen molar-refractivity contribution in [2.75, 3.05) is 6.61 Å². The molecule has 1 aliphatic rings. The minimum Gasteiger partial charge on any atom is -0.374 e. The SMILES string of the molecule is PC1CCCCO1. The van der Waals surface area contributed by atoms with Gasteiger partial charge in [0.05, 0.1) is 5.85 Å². The number of rotatable bonds is 0. The van der Waals surface area contributed by atoms with Crippen molar-refractivity contribution >= 4 is 9.24 Å². The maximum Gasteiger partial charge on any atom is 0.0708 e. The van der Waals surface area contributed by atoms with E-state index >= 15 is 0 Å². The zero-order valence-corrected chi connectivity index (χ0v) is 5.55. The Labute approximate surface area is 46.6 Å². The Balaban J connectivity index is 2.12. The minimum absolute atomic E-state index is 0.453. The summed E-state index contributed by atoms with van der Waals surface area (Å²) in [6.45, 7) is 0.966. The molecule has 0 spiro atoms. The first-order valence-electron chi connectivity index (χ1n) is 2.77. The molecular weight excluding hydrogens is 107 g/mol. The van der Waals surface area contributed by atoms with E-state index in [1.54, 1.807) is 0 Å². The zero-order valence-electron chi connectivity index (χ0n) is 4.39. The Morgan fingerprint density at radius 3 is 2.57 bits per heavy atom. The van der Waals surface area contributed by atoms with Crippen LogP contribution in [-0.4, -0.2) is 12.5 Å². The average molecular weight is 118 g/mol. The molecule has 1 rings (SSSR count).